The van der Waals surface area contributed by atoms with Crippen molar-refractivity contribution in [1.29, 1.82) is 0 Å². The van der Waals surface area contributed by atoms with E-state index in [1.165, 1.54) is 6.42 Å². The van der Waals surface area contributed by atoms with Crippen LogP contribution in [0.3, 0.4) is 0 Å². The Balaban J connectivity index is 2.23. The van der Waals surface area contributed by atoms with Gasteiger partial charge in [-0.1, -0.05) is 34.6 Å². The van der Waals surface area contributed by atoms with Gasteiger partial charge >= 0.3 is 0 Å². The Hall–Kier alpha value is -0.153. The largest absolute Gasteiger partial charge is 0.413 e. The van der Waals surface area contributed by atoms with Gasteiger partial charge in [0.15, 0.2) is 8.32 Å². The second kappa shape index (κ2) is 4.94. The first-order valence-corrected chi connectivity index (χ1v) is 11.1. The lowest BCUT2D eigenvalue weighted by Crippen LogP contribution is -2.52. The molecule has 0 saturated heterocycles. The first kappa shape index (κ1) is 16.2. The highest BCUT2D eigenvalue weighted by Crippen LogP contribution is 2.55. The molecule has 20 heavy (non-hydrogen) atoms. The SMILES string of the molecule is C[C@H]1CC[C@H](O[Si](C)(C)C(C)(C)C)[C@@H]2C(=O)CC[C@]12C. The fourth-order valence-corrected chi connectivity index (χ4v) is 5.21. The van der Waals surface area contributed by atoms with Gasteiger partial charge < -0.3 is 4.43 Å². The molecule has 0 aromatic rings. The van der Waals surface area contributed by atoms with E-state index in [2.05, 4.69) is 47.7 Å². The van der Waals surface area contributed by atoms with Gasteiger partial charge in [-0.05, 0) is 48.7 Å². The number of Topliss-reactive ketones (excluding diaryl/α,β-unsaturated/α-hetero) is 1. The molecule has 0 spiro atoms. The minimum Gasteiger partial charge on any atom is -0.413 e. The molecule has 0 aromatic carbocycles. The van der Waals surface area contributed by atoms with Crippen molar-refractivity contribution in [3.05, 3.63) is 0 Å². The number of hydrogen-bond donors (Lipinski definition) is 0. The van der Waals surface area contributed by atoms with Crippen LogP contribution in [0.15, 0.2) is 0 Å². The molecule has 4 atom stereocenters. The molecule has 0 aromatic heterocycles. The van der Waals surface area contributed by atoms with E-state index in [-0.39, 0.29) is 22.5 Å². The molecule has 2 saturated carbocycles. The molecule has 0 radical (unpaired) electrons. The number of hydrogen-bond acceptors (Lipinski definition) is 2. The van der Waals surface area contributed by atoms with Crippen LogP contribution in [0.2, 0.25) is 18.1 Å². The molecule has 2 aliphatic carbocycles. The first-order valence-electron chi connectivity index (χ1n) is 8.19. The average molecular weight is 297 g/mol. The summed E-state index contributed by atoms with van der Waals surface area (Å²) in [6.45, 7) is 16.1. The van der Waals surface area contributed by atoms with E-state index in [0.29, 0.717) is 11.7 Å². The smallest absolute Gasteiger partial charge is 0.192 e. The molecular formula is C17H32O2Si. The molecule has 2 nitrogen and oxygen atoms in total. The number of rotatable bonds is 2. The van der Waals surface area contributed by atoms with Gasteiger partial charge in [0.05, 0.1) is 6.10 Å². The highest BCUT2D eigenvalue weighted by Gasteiger charge is 2.55. The maximum absolute atomic E-state index is 12.4. The predicted octanol–water partition coefficient (Wildman–Crippen LogP) is 4.79. The quantitative estimate of drug-likeness (QED) is 0.685. The van der Waals surface area contributed by atoms with E-state index in [9.17, 15) is 4.79 Å². The van der Waals surface area contributed by atoms with Crippen molar-refractivity contribution < 1.29 is 9.22 Å². The van der Waals surface area contributed by atoms with Crippen molar-refractivity contribution in [3.63, 3.8) is 0 Å². The summed E-state index contributed by atoms with van der Waals surface area (Å²) in [6.07, 6.45) is 4.28. The Labute approximate surface area is 125 Å². The predicted molar refractivity (Wildman–Crippen MR) is 86.3 cm³/mol. The van der Waals surface area contributed by atoms with Crippen LogP contribution in [0.5, 0.6) is 0 Å². The van der Waals surface area contributed by atoms with Crippen molar-refractivity contribution in [2.75, 3.05) is 0 Å². The minimum absolute atomic E-state index is 0.153. The van der Waals surface area contributed by atoms with E-state index in [1.54, 1.807) is 0 Å². The molecule has 0 amide bonds. The van der Waals surface area contributed by atoms with Crippen LogP contribution in [-0.4, -0.2) is 20.2 Å². The maximum Gasteiger partial charge on any atom is 0.192 e. The second-order valence-corrected chi connectivity index (χ2v) is 13.6. The van der Waals surface area contributed by atoms with Gasteiger partial charge in [0, 0.05) is 12.3 Å². The first-order chi connectivity index (χ1) is 8.99. The van der Waals surface area contributed by atoms with E-state index >= 15 is 0 Å². The van der Waals surface area contributed by atoms with Gasteiger partial charge in [-0.3, -0.25) is 4.79 Å². The van der Waals surface area contributed by atoms with Crippen LogP contribution in [0.25, 0.3) is 0 Å². The number of ketones is 1. The van der Waals surface area contributed by atoms with Crippen LogP contribution >= 0.6 is 0 Å². The van der Waals surface area contributed by atoms with Crippen molar-refractivity contribution in [1.82, 2.24) is 0 Å². The molecule has 2 rings (SSSR count). The zero-order valence-corrected chi connectivity index (χ0v) is 15.4. The third-order valence-corrected chi connectivity index (χ3v) is 11.1. The molecule has 2 aliphatic rings. The summed E-state index contributed by atoms with van der Waals surface area (Å²) in [5.74, 6) is 1.27. The van der Waals surface area contributed by atoms with E-state index in [0.717, 1.165) is 19.3 Å². The lowest BCUT2D eigenvalue weighted by atomic mass is 9.62. The lowest BCUT2D eigenvalue weighted by Gasteiger charge is -2.49. The van der Waals surface area contributed by atoms with E-state index in [1.807, 2.05) is 0 Å². The molecule has 0 N–H and O–H groups in total. The van der Waals surface area contributed by atoms with Crippen LogP contribution in [0.4, 0.5) is 0 Å². The average Bonchev–Trinajstić information content (AvgIpc) is 2.60. The Morgan fingerprint density at radius 2 is 1.85 bits per heavy atom. The third-order valence-electron chi connectivity index (χ3n) is 6.60. The van der Waals surface area contributed by atoms with E-state index in [4.69, 9.17) is 4.43 Å². The zero-order chi connectivity index (χ0) is 15.3. The summed E-state index contributed by atoms with van der Waals surface area (Å²) >= 11 is 0. The Morgan fingerprint density at radius 3 is 2.40 bits per heavy atom. The summed E-state index contributed by atoms with van der Waals surface area (Å²) < 4.78 is 6.66. The molecule has 3 heteroatoms. The van der Waals surface area contributed by atoms with Gasteiger partial charge in [0.1, 0.15) is 5.78 Å². The van der Waals surface area contributed by atoms with Gasteiger partial charge in [-0.15, -0.1) is 0 Å². The highest BCUT2D eigenvalue weighted by atomic mass is 28.4. The monoisotopic (exact) mass is 296 g/mol. The van der Waals surface area contributed by atoms with E-state index < -0.39 is 8.32 Å². The molecule has 0 aliphatic heterocycles. The summed E-state index contributed by atoms with van der Waals surface area (Å²) in [5.41, 5.74) is 0.183. The van der Waals surface area contributed by atoms with Crippen LogP contribution in [0.1, 0.15) is 60.3 Å². The molecule has 116 valence electrons. The molecular weight excluding hydrogens is 264 g/mol. The van der Waals surface area contributed by atoms with Gasteiger partial charge in [0.25, 0.3) is 0 Å². The van der Waals surface area contributed by atoms with Crippen molar-refractivity contribution in [2.45, 2.75) is 84.5 Å². The van der Waals surface area contributed by atoms with Crippen LogP contribution in [-0.2, 0) is 9.22 Å². The van der Waals surface area contributed by atoms with Gasteiger partial charge in [-0.25, -0.2) is 0 Å². The molecule has 2 fully saturated rings. The van der Waals surface area contributed by atoms with Gasteiger partial charge in [0.2, 0.25) is 0 Å². The third kappa shape index (κ3) is 2.52. The fourth-order valence-electron chi connectivity index (χ4n) is 3.85. The van der Waals surface area contributed by atoms with Crippen molar-refractivity contribution >= 4 is 14.1 Å². The topological polar surface area (TPSA) is 26.3 Å². The van der Waals surface area contributed by atoms with Gasteiger partial charge in [-0.2, -0.15) is 0 Å². The fraction of sp³-hybridized carbons (Fsp3) is 0.941. The summed E-state index contributed by atoms with van der Waals surface area (Å²) in [6, 6.07) is 0. The zero-order valence-electron chi connectivity index (χ0n) is 14.4. The Morgan fingerprint density at radius 1 is 1.25 bits per heavy atom. The molecule has 0 bridgehead atoms. The lowest BCUT2D eigenvalue weighted by molar-refractivity contribution is -0.130. The molecule has 0 heterocycles. The molecule has 0 unspecified atom stereocenters. The summed E-state index contributed by atoms with van der Waals surface area (Å²) in [4.78, 5) is 12.4. The highest BCUT2D eigenvalue weighted by molar-refractivity contribution is 6.74. The maximum atomic E-state index is 12.4. The normalized spacial score (nSPS) is 39.0. The summed E-state index contributed by atoms with van der Waals surface area (Å²) in [7, 11) is -1.79. The Bertz CT molecular complexity index is 396. The van der Waals surface area contributed by atoms with Crippen molar-refractivity contribution in [2.24, 2.45) is 17.3 Å². The number of carbonyl (C=O) groups is 1. The number of fused-ring (bicyclic) bond motifs is 1. The van der Waals surface area contributed by atoms with Crippen molar-refractivity contribution in [3.8, 4) is 0 Å². The second-order valence-electron chi connectivity index (χ2n) is 8.84. The number of carbonyl (C=O) groups excluding carboxylic acids is 1. The standard InChI is InChI=1S/C17H32O2Si/c1-12-8-9-14(19-20(6,7)16(2,3)4)15-13(18)10-11-17(12,15)5/h12,14-15H,8-11H2,1-7H3/t12-,14-,15-,17+/m0/s1. The minimum atomic E-state index is -1.79. The van der Waals surface area contributed by atoms with Crippen LogP contribution in [0, 0.1) is 17.3 Å². The Kier molecular flexibility index (Phi) is 4.01. The summed E-state index contributed by atoms with van der Waals surface area (Å²) in [5, 5.41) is 0.216. The van der Waals surface area contributed by atoms with Crippen LogP contribution < -0.4 is 0 Å².